The van der Waals surface area contributed by atoms with Crippen molar-refractivity contribution in [1.29, 1.82) is 0 Å². The van der Waals surface area contributed by atoms with Gasteiger partial charge in [0.05, 0.1) is 24.6 Å². The van der Waals surface area contributed by atoms with E-state index < -0.39 is 6.10 Å². The molecule has 0 bridgehead atoms. The van der Waals surface area contributed by atoms with Crippen molar-refractivity contribution in [3.05, 3.63) is 36.0 Å². The number of aliphatic hydroxyl groups excluding tert-OH is 1. The van der Waals surface area contributed by atoms with Gasteiger partial charge in [0.1, 0.15) is 12.4 Å². The number of rotatable bonds is 10. The number of thioether (sulfide) groups is 1. The molecule has 2 aromatic rings. The number of esters is 1. The molecule has 1 aliphatic carbocycles. The van der Waals surface area contributed by atoms with Crippen LogP contribution < -0.4 is 10.1 Å². The Kier molecular flexibility index (Phi) is 8.87. The van der Waals surface area contributed by atoms with Gasteiger partial charge in [-0.1, -0.05) is 0 Å². The first-order valence-corrected chi connectivity index (χ1v) is 13.3. The van der Waals surface area contributed by atoms with E-state index in [1.807, 2.05) is 36.0 Å². The van der Waals surface area contributed by atoms with Crippen LogP contribution in [-0.4, -0.2) is 53.9 Å². The molecule has 2 fully saturated rings. The van der Waals surface area contributed by atoms with Crippen molar-refractivity contribution in [3.63, 3.8) is 0 Å². The number of benzene rings is 1. The molecule has 0 radical (unpaired) electrons. The summed E-state index contributed by atoms with van der Waals surface area (Å²) >= 11 is 1.94. The Balaban J connectivity index is 1.18. The number of nitrogens with one attached hydrogen (secondary N) is 1. The van der Waals surface area contributed by atoms with Crippen molar-refractivity contribution < 1.29 is 19.4 Å². The van der Waals surface area contributed by atoms with E-state index in [9.17, 15) is 9.90 Å². The predicted molar refractivity (Wildman–Crippen MR) is 133 cm³/mol. The van der Waals surface area contributed by atoms with E-state index in [0.29, 0.717) is 17.8 Å². The van der Waals surface area contributed by atoms with Gasteiger partial charge in [-0.05, 0) is 87.2 Å². The van der Waals surface area contributed by atoms with Crippen LogP contribution in [0.25, 0.3) is 10.9 Å². The Hall–Kier alpha value is -1.83. The lowest BCUT2D eigenvalue weighted by Crippen LogP contribution is -2.35. The average molecular weight is 473 g/mol. The molecule has 1 saturated carbocycles. The molecule has 2 heterocycles. The van der Waals surface area contributed by atoms with Crippen molar-refractivity contribution in [2.75, 3.05) is 32.6 Å². The van der Waals surface area contributed by atoms with Crippen LogP contribution in [0, 0.1) is 11.8 Å². The van der Waals surface area contributed by atoms with Crippen LogP contribution in [0.1, 0.15) is 56.6 Å². The fraction of sp³-hybridized carbons (Fsp3) is 0.615. The maximum Gasteiger partial charge on any atom is 0.310 e. The summed E-state index contributed by atoms with van der Waals surface area (Å²) in [6, 6.07) is 7.72. The molecule has 1 aromatic carbocycles. The zero-order valence-electron chi connectivity index (χ0n) is 19.5. The highest BCUT2D eigenvalue weighted by Crippen LogP contribution is 2.38. The molecule has 4 atom stereocenters. The molecule has 33 heavy (non-hydrogen) atoms. The Morgan fingerprint density at radius 1 is 1.30 bits per heavy atom. The van der Waals surface area contributed by atoms with Gasteiger partial charge in [-0.25, -0.2) is 0 Å². The van der Waals surface area contributed by atoms with Gasteiger partial charge in [-0.2, -0.15) is 11.8 Å². The number of carbonyl (C=O) groups excluding carboxylic acids is 1. The number of hydrogen-bond donors (Lipinski definition) is 2. The third-order valence-electron chi connectivity index (χ3n) is 6.99. The summed E-state index contributed by atoms with van der Waals surface area (Å²) < 4.78 is 10.9. The third kappa shape index (κ3) is 6.61. The number of ether oxygens (including phenoxy) is 2. The lowest BCUT2D eigenvalue weighted by atomic mass is 9.95. The molecule has 1 unspecified atom stereocenters. The number of methoxy groups -OCH3 is 1. The number of nitrogens with zero attached hydrogens (tertiary/aromatic N) is 1. The van der Waals surface area contributed by atoms with Gasteiger partial charge in [-0.15, -0.1) is 0 Å². The topological polar surface area (TPSA) is 80.7 Å². The Morgan fingerprint density at radius 3 is 3.03 bits per heavy atom. The smallest absolute Gasteiger partial charge is 0.310 e. The van der Waals surface area contributed by atoms with E-state index in [4.69, 9.17) is 9.47 Å². The molecule has 7 heteroatoms. The van der Waals surface area contributed by atoms with E-state index >= 15 is 0 Å². The second kappa shape index (κ2) is 12.0. The molecule has 1 saturated heterocycles. The predicted octanol–water partition coefficient (Wildman–Crippen LogP) is 4.50. The minimum absolute atomic E-state index is 0.0321. The van der Waals surface area contributed by atoms with Gasteiger partial charge in [-0.3, -0.25) is 9.78 Å². The maximum absolute atomic E-state index is 12.1. The van der Waals surface area contributed by atoms with Gasteiger partial charge in [0.2, 0.25) is 0 Å². The van der Waals surface area contributed by atoms with Gasteiger partial charge in [0.25, 0.3) is 0 Å². The van der Waals surface area contributed by atoms with Crippen LogP contribution in [0.2, 0.25) is 0 Å². The molecule has 6 nitrogen and oxygen atoms in total. The summed E-state index contributed by atoms with van der Waals surface area (Å²) in [7, 11) is 1.65. The molecular weight excluding hydrogens is 436 g/mol. The minimum Gasteiger partial charge on any atom is -0.497 e. The summed E-state index contributed by atoms with van der Waals surface area (Å²) in [6.45, 7) is 2.27. The number of hydrogen-bond acceptors (Lipinski definition) is 7. The average Bonchev–Trinajstić information content (AvgIpc) is 3.32. The van der Waals surface area contributed by atoms with Crippen LogP contribution in [0.4, 0.5) is 0 Å². The van der Waals surface area contributed by atoms with E-state index in [1.165, 1.54) is 19.3 Å². The molecular formula is C26H36N2O4S. The maximum atomic E-state index is 12.1. The highest BCUT2D eigenvalue weighted by atomic mass is 32.2. The van der Waals surface area contributed by atoms with Crippen molar-refractivity contribution in [1.82, 2.24) is 10.3 Å². The highest BCUT2D eigenvalue weighted by Gasteiger charge is 2.26. The first-order chi connectivity index (χ1) is 16.1. The summed E-state index contributed by atoms with van der Waals surface area (Å²) in [5.41, 5.74) is 1.81. The zero-order valence-corrected chi connectivity index (χ0v) is 20.3. The number of fused-ring (bicyclic) bond motifs is 1. The fourth-order valence-electron chi connectivity index (χ4n) is 5.08. The summed E-state index contributed by atoms with van der Waals surface area (Å²) in [4.78, 5) is 16.5. The van der Waals surface area contributed by atoms with Gasteiger partial charge >= 0.3 is 5.97 Å². The van der Waals surface area contributed by atoms with Crippen LogP contribution in [0.15, 0.2) is 30.5 Å². The largest absolute Gasteiger partial charge is 0.497 e. The summed E-state index contributed by atoms with van der Waals surface area (Å²) in [5, 5.41) is 15.8. The van der Waals surface area contributed by atoms with Crippen molar-refractivity contribution in [2.45, 2.75) is 56.3 Å². The second-order valence-corrected chi connectivity index (χ2v) is 10.7. The zero-order chi connectivity index (χ0) is 23.0. The minimum atomic E-state index is -0.497. The molecule has 0 amide bonds. The highest BCUT2D eigenvalue weighted by molar-refractivity contribution is 7.99. The molecule has 4 rings (SSSR count). The van der Waals surface area contributed by atoms with Crippen LogP contribution in [-0.2, 0) is 9.53 Å². The number of pyridine rings is 1. The Bertz CT molecular complexity index is 918. The number of aromatic nitrogens is 1. The standard InChI is InChI=1S/C26H36N2O4S/c1-31-20-6-8-24-23(16-20)22(10-12-28-24)25(29)9-5-18-4-7-21(15-18)33-14-13-32-26(30)19-3-2-11-27-17-19/h6,8,10,12,16,18-19,21,25,27,29H,2-5,7,9,11,13-15,17H2,1H3/t18-,19?,21-,25+/m0/s1. The molecule has 1 aromatic heterocycles. The Morgan fingerprint density at radius 2 is 2.21 bits per heavy atom. The van der Waals surface area contributed by atoms with Gasteiger partial charge in [0, 0.05) is 29.1 Å². The number of piperidine rings is 1. The number of carbonyl (C=O) groups is 1. The Labute approximate surface area is 200 Å². The quantitative estimate of drug-likeness (QED) is 0.389. The molecule has 2 N–H and O–H groups in total. The van der Waals surface area contributed by atoms with Crippen LogP contribution in [0.5, 0.6) is 5.75 Å². The lowest BCUT2D eigenvalue weighted by molar-refractivity contribution is -0.148. The van der Waals surface area contributed by atoms with Crippen molar-refractivity contribution in [3.8, 4) is 5.75 Å². The van der Waals surface area contributed by atoms with E-state index in [2.05, 4.69) is 10.3 Å². The lowest BCUT2D eigenvalue weighted by Gasteiger charge is -2.21. The summed E-state index contributed by atoms with van der Waals surface area (Å²) in [6.07, 6.45) is 8.65. The van der Waals surface area contributed by atoms with E-state index in [1.54, 1.807) is 13.3 Å². The van der Waals surface area contributed by atoms with Crippen molar-refractivity contribution >= 4 is 28.6 Å². The van der Waals surface area contributed by atoms with Crippen LogP contribution >= 0.6 is 11.8 Å². The van der Waals surface area contributed by atoms with E-state index in [0.717, 1.165) is 66.7 Å². The first kappa shape index (κ1) is 24.3. The molecule has 2 aliphatic rings. The first-order valence-electron chi connectivity index (χ1n) is 12.2. The normalized spacial score (nSPS) is 24.0. The molecule has 1 aliphatic heterocycles. The molecule has 0 spiro atoms. The van der Waals surface area contributed by atoms with Gasteiger partial charge in [0.15, 0.2) is 0 Å². The fourth-order valence-corrected chi connectivity index (χ4v) is 6.31. The summed E-state index contributed by atoms with van der Waals surface area (Å²) in [5.74, 6) is 2.29. The number of aliphatic hydroxyl groups is 1. The monoisotopic (exact) mass is 472 g/mol. The SMILES string of the molecule is COc1ccc2nccc([C@H](O)CC[C@@H]3CC[C@H](SCCOC(=O)C4CCCNC4)C3)c2c1. The van der Waals surface area contributed by atoms with E-state index in [-0.39, 0.29) is 11.9 Å². The third-order valence-corrected chi connectivity index (χ3v) is 8.30. The van der Waals surface area contributed by atoms with Crippen LogP contribution in [0.3, 0.4) is 0 Å². The molecule has 180 valence electrons. The van der Waals surface area contributed by atoms with Gasteiger partial charge < -0.3 is 19.9 Å². The second-order valence-electron chi connectivity index (χ2n) is 9.26. The van der Waals surface area contributed by atoms with Crippen molar-refractivity contribution in [2.24, 2.45) is 11.8 Å².